The number of amides is 1. The second kappa shape index (κ2) is 5.12. The van der Waals surface area contributed by atoms with Gasteiger partial charge in [0.1, 0.15) is 0 Å². The third kappa shape index (κ3) is 2.83. The maximum absolute atomic E-state index is 10.9. The summed E-state index contributed by atoms with van der Waals surface area (Å²) in [5, 5.41) is 0. The van der Waals surface area contributed by atoms with Gasteiger partial charge in [0.15, 0.2) is 0 Å². The molecule has 1 aromatic carbocycles. The van der Waals surface area contributed by atoms with E-state index in [1.165, 1.54) is 18.4 Å². The molecule has 16 heavy (non-hydrogen) atoms. The molecule has 1 aliphatic heterocycles. The van der Waals surface area contributed by atoms with Gasteiger partial charge in [0.25, 0.3) is 0 Å². The summed E-state index contributed by atoms with van der Waals surface area (Å²) < 4.78 is 0. The average molecular weight is 218 g/mol. The number of primary amides is 1. The number of benzene rings is 1. The standard InChI is InChI=1S/C13H18N2O/c14-13(16)10-15-8-4-7-12(15)9-11-5-2-1-3-6-11/h1-3,5-6,12H,4,7-10H2,(H2,14,16)/t12-/m1/s1. The van der Waals surface area contributed by atoms with Crippen LogP contribution in [-0.4, -0.2) is 29.9 Å². The Hall–Kier alpha value is -1.35. The largest absolute Gasteiger partial charge is 0.369 e. The fourth-order valence-electron chi connectivity index (χ4n) is 2.42. The van der Waals surface area contributed by atoms with Gasteiger partial charge < -0.3 is 5.73 Å². The van der Waals surface area contributed by atoms with E-state index in [2.05, 4.69) is 29.2 Å². The van der Waals surface area contributed by atoms with Crippen LogP contribution in [0.2, 0.25) is 0 Å². The smallest absolute Gasteiger partial charge is 0.231 e. The first-order valence-corrected chi connectivity index (χ1v) is 5.82. The van der Waals surface area contributed by atoms with Gasteiger partial charge in [0.05, 0.1) is 6.54 Å². The van der Waals surface area contributed by atoms with Crippen LogP contribution in [0.25, 0.3) is 0 Å². The van der Waals surface area contributed by atoms with Gasteiger partial charge in [-0.05, 0) is 31.4 Å². The third-order valence-electron chi connectivity index (χ3n) is 3.17. The lowest BCUT2D eigenvalue weighted by atomic mass is 10.0. The van der Waals surface area contributed by atoms with Crippen LogP contribution in [0.1, 0.15) is 18.4 Å². The van der Waals surface area contributed by atoms with Crippen molar-refractivity contribution in [3.8, 4) is 0 Å². The minimum absolute atomic E-state index is 0.222. The van der Waals surface area contributed by atoms with Crippen LogP contribution in [0.4, 0.5) is 0 Å². The summed E-state index contributed by atoms with van der Waals surface area (Å²) >= 11 is 0. The molecule has 1 amide bonds. The summed E-state index contributed by atoms with van der Waals surface area (Å²) in [6.07, 6.45) is 3.36. The molecule has 86 valence electrons. The first-order valence-electron chi connectivity index (χ1n) is 5.82. The second-order valence-electron chi connectivity index (χ2n) is 4.42. The van der Waals surface area contributed by atoms with Crippen LogP contribution < -0.4 is 5.73 Å². The van der Waals surface area contributed by atoms with E-state index in [0.29, 0.717) is 12.6 Å². The van der Waals surface area contributed by atoms with Crippen LogP contribution in [0, 0.1) is 0 Å². The van der Waals surface area contributed by atoms with Gasteiger partial charge in [-0.2, -0.15) is 0 Å². The van der Waals surface area contributed by atoms with E-state index in [9.17, 15) is 4.79 Å². The Bertz CT molecular complexity index is 350. The van der Waals surface area contributed by atoms with Crippen LogP contribution >= 0.6 is 0 Å². The number of carbonyl (C=O) groups excluding carboxylic acids is 1. The topological polar surface area (TPSA) is 46.3 Å². The molecule has 0 spiro atoms. The molecule has 0 unspecified atom stereocenters. The molecular weight excluding hydrogens is 200 g/mol. The van der Waals surface area contributed by atoms with Crippen LogP contribution in [-0.2, 0) is 11.2 Å². The maximum Gasteiger partial charge on any atom is 0.231 e. The first kappa shape index (κ1) is 11.1. The van der Waals surface area contributed by atoms with Crippen molar-refractivity contribution in [1.82, 2.24) is 4.90 Å². The Morgan fingerprint density at radius 3 is 2.81 bits per heavy atom. The fourth-order valence-corrected chi connectivity index (χ4v) is 2.42. The molecule has 0 aromatic heterocycles. The number of hydrogen-bond acceptors (Lipinski definition) is 2. The van der Waals surface area contributed by atoms with Crippen molar-refractivity contribution >= 4 is 5.91 Å². The number of nitrogens with zero attached hydrogens (tertiary/aromatic N) is 1. The molecule has 0 aliphatic carbocycles. The van der Waals surface area contributed by atoms with Crippen molar-refractivity contribution in [3.05, 3.63) is 35.9 Å². The van der Waals surface area contributed by atoms with E-state index < -0.39 is 0 Å². The Kier molecular flexibility index (Phi) is 3.57. The van der Waals surface area contributed by atoms with Gasteiger partial charge >= 0.3 is 0 Å². The molecule has 2 rings (SSSR count). The van der Waals surface area contributed by atoms with Gasteiger partial charge in [-0.1, -0.05) is 30.3 Å². The molecule has 0 bridgehead atoms. The molecule has 1 heterocycles. The lowest BCUT2D eigenvalue weighted by Crippen LogP contribution is -2.38. The fraction of sp³-hybridized carbons (Fsp3) is 0.462. The predicted molar refractivity (Wildman–Crippen MR) is 63.9 cm³/mol. The molecule has 3 nitrogen and oxygen atoms in total. The van der Waals surface area contributed by atoms with Gasteiger partial charge in [-0.3, -0.25) is 9.69 Å². The van der Waals surface area contributed by atoms with Crippen molar-refractivity contribution < 1.29 is 4.79 Å². The van der Waals surface area contributed by atoms with Crippen molar-refractivity contribution in [2.75, 3.05) is 13.1 Å². The highest BCUT2D eigenvalue weighted by Gasteiger charge is 2.25. The molecule has 1 aliphatic rings. The zero-order chi connectivity index (χ0) is 11.4. The molecular formula is C13H18N2O. The molecule has 3 heteroatoms. The summed E-state index contributed by atoms with van der Waals surface area (Å²) in [5.74, 6) is -0.222. The predicted octanol–water partition coefficient (Wildman–Crippen LogP) is 1.18. The Labute approximate surface area is 96.2 Å². The number of nitrogens with two attached hydrogens (primary N) is 1. The monoisotopic (exact) mass is 218 g/mol. The SMILES string of the molecule is NC(=O)CN1CCC[C@@H]1Cc1ccccc1. The molecule has 2 N–H and O–H groups in total. The normalized spacial score (nSPS) is 21.1. The van der Waals surface area contributed by atoms with Crippen molar-refractivity contribution in [3.63, 3.8) is 0 Å². The number of carbonyl (C=O) groups is 1. The molecule has 1 saturated heterocycles. The van der Waals surface area contributed by atoms with Gasteiger partial charge in [-0.15, -0.1) is 0 Å². The summed E-state index contributed by atoms with van der Waals surface area (Å²) in [5.41, 5.74) is 6.58. The first-order chi connectivity index (χ1) is 7.75. The Morgan fingerprint density at radius 2 is 2.12 bits per heavy atom. The van der Waals surface area contributed by atoms with Gasteiger partial charge in [-0.25, -0.2) is 0 Å². The molecule has 1 atom stereocenters. The zero-order valence-electron chi connectivity index (χ0n) is 9.43. The van der Waals surface area contributed by atoms with Gasteiger partial charge in [0.2, 0.25) is 5.91 Å². The minimum Gasteiger partial charge on any atom is -0.369 e. The van der Waals surface area contributed by atoms with E-state index in [1.54, 1.807) is 0 Å². The highest BCUT2D eigenvalue weighted by Crippen LogP contribution is 2.20. The van der Waals surface area contributed by atoms with Crippen LogP contribution in [0.3, 0.4) is 0 Å². The Morgan fingerprint density at radius 1 is 1.38 bits per heavy atom. The van der Waals surface area contributed by atoms with Crippen LogP contribution in [0.5, 0.6) is 0 Å². The second-order valence-corrected chi connectivity index (χ2v) is 4.42. The lowest BCUT2D eigenvalue weighted by Gasteiger charge is -2.22. The highest BCUT2D eigenvalue weighted by molar-refractivity contribution is 5.76. The van der Waals surface area contributed by atoms with Gasteiger partial charge in [0, 0.05) is 6.04 Å². The summed E-state index contributed by atoms with van der Waals surface area (Å²) in [6, 6.07) is 10.9. The number of rotatable bonds is 4. The van der Waals surface area contributed by atoms with E-state index in [0.717, 1.165) is 13.0 Å². The van der Waals surface area contributed by atoms with Crippen molar-refractivity contribution in [2.24, 2.45) is 5.73 Å². The number of likely N-dealkylation sites (tertiary alicyclic amines) is 1. The lowest BCUT2D eigenvalue weighted by molar-refractivity contribution is -0.119. The molecule has 1 aromatic rings. The summed E-state index contributed by atoms with van der Waals surface area (Å²) in [4.78, 5) is 13.1. The minimum atomic E-state index is -0.222. The summed E-state index contributed by atoms with van der Waals surface area (Å²) in [7, 11) is 0. The van der Waals surface area contributed by atoms with Crippen molar-refractivity contribution in [2.45, 2.75) is 25.3 Å². The van der Waals surface area contributed by atoms with Crippen molar-refractivity contribution in [1.29, 1.82) is 0 Å². The maximum atomic E-state index is 10.9. The van der Waals surface area contributed by atoms with E-state index >= 15 is 0 Å². The Balaban J connectivity index is 1.96. The third-order valence-corrected chi connectivity index (χ3v) is 3.17. The molecule has 1 fully saturated rings. The van der Waals surface area contributed by atoms with E-state index in [1.807, 2.05) is 6.07 Å². The van der Waals surface area contributed by atoms with E-state index in [4.69, 9.17) is 5.73 Å². The zero-order valence-corrected chi connectivity index (χ0v) is 9.43. The highest BCUT2D eigenvalue weighted by atomic mass is 16.1. The molecule has 0 saturated carbocycles. The number of hydrogen-bond donors (Lipinski definition) is 1. The van der Waals surface area contributed by atoms with E-state index in [-0.39, 0.29) is 5.91 Å². The quantitative estimate of drug-likeness (QED) is 0.825. The van der Waals surface area contributed by atoms with Crippen LogP contribution in [0.15, 0.2) is 30.3 Å². The average Bonchev–Trinajstić information content (AvgIpc) is 2.66. The summed E-state index contributed by atoms with van der Waals surface area (Å²) in [6.45, 7) is 1.40. The molecule has 0 radical (unpaired) electrons.